The van der Waals surface area contributed by atoms with Gasteiger partial charge in [0.2, 0.25) is 0 Å². The number of hydrogen-bond donors (Lipinski definition) is 2. The van der Waals surface area contributed by atoms with E-state index in [1.54, 1.807) is 12.1 Å². The predicted molar refractivity (Wildman–Crippen MR) is 72.5 cm³/mol. The molecule has 1 rings (SSSR count). The van der Waals surface area contributed by atoms with Gasteiger partial charge in [-0.25, -0.2) is 0 Å². The first-order chi connectivity index (χ1) is 8.50. The molecule has 0 fully saturated rings. The molecule has 0 aliphatic carbocycles. The Morgan fingerprint density at radius 3 is 2.39 bits per heavy atom. The average Bonchev–Trinajstić information content (AvgIpc) is 2.25. The summed E-state index contributed by atoms with van der Waals surface area (Å²) in [5.74, 6) is -0.355. The minimum absolute atomic E-state index is 0.184. The van der Waals surface area contributed by atoms with Crippen molar-refractivity contribution in [2.75, 3.05) is 12.3 Å². The fraction of sp³-hybridized carbons (Fsp3) is 0.417. The van der Waals surface area contributed by atoms with Gasteiger partial charge >= 0.3 is 5.97 Å². The Bertz CT molecular complexity index is 401. The van der Waals surface area contributed by atoms with Crippen LogP contribution in [0.1, 0.15) is 25.7 Å². The van der Waals surface area contributed by atoms with E-state index in [-0.39, 0.29) is 6.42 Å². The van der Waals surface area contributed by atoms with Crippen molar-refractivity contribution in [2.45, 2.75) is 25.7 Å². The highest BCUT2D eigenvalue weighted by Crippen LogP contribution is 2.35. The summed E-state index contributed by atoms with van der Waals surface area (Å²) < 4.78 is 5.46. The van der Waals surface area contributed by atoms with Crippen LogP contribution in [0.4, 0.5) is 5.69 Å². The van der Waals surface area contributed by atoms with Crippen LogP contribution in [0.3, 0.4) is 0 Å². The predicted octanol–water partition coefficient (Wildman–Crippen LogP) is 3.60. The van der Waals surface area contributed by atoms with Crippen LogP contribution in [0.5, 0.6) is 5.75 Å². The molecule has 0 aromatic heterocycles. The molecule has 1 aromatic rings. The van der Waals surface area contributed by atoms with Gasteiger partial charge in [0.1, 0.15) is 0 Å². The molecule has 4 nitrogen and oxygen atoms in total. The minimum atomic E-state index is -0.777. The van der Waals surface area contributed by atoms with Gasteiger partial charge in [0.05, 0.1) is 16.7 Å². The van der Waals surface area contributed by atoms with E-state index in [4.69, 9.17) is 38.8 Å². The summed E-state index contributed by atoms with van der Waals surface area (Å²) in [6, 6.07) is 3.15. The topological polar surface area (TPSA) is 72.5 Å². The molecule has 0 saturated carbocycles. The first-order valence-electron chi connectivity index (χ1n) is 5.60. The Kier molecular flexibility index (Phi) is 6.09. The highest BCUT2D eigenvalue weighted by Gasteiger charge is 2.08. The van der Waals surface area contributed by atoms with Crippen LogP contribution in [0.25, 0.3) is 0 Å². The fourth-order valence-electron chi connectivity index (χ4n) is 1.45. The van der Waals surface area contributed by atoms with Crippen LogP contribution in [0, 0.1) is 0 Å². The third-order valence-corrected chi connectivity index (χ3v) is 2.86. The van der Waals surface area contributed by atoms with Gasteiger partial charge in [0.25, 0.3) is 0 Å². The van der Waals surface area contributed by atoms with Crippen molar-refractivity contribution >= 4 is 34.9 Å². The van der Waals surface area contributed by atoms with Crippen LogP contribution in [-0.2, 0) is 4.79 Å². The van der Waals surface area contributed by atoms with Gasteiger partial charge in [-0.05, 0) is 31.4 Å². The monoisotopic (exact) mass is 291 g/mol. The maximum atomic E-state index is 10.3. The number of carboxylic acids is 1. The summed E-state index contributed by atoms with van der Waals surface area (Å²) in [4.78, 5) is 10.3. The molecule has 100 valence electrons. The van der Waals surface area contributed by atoms with Crippen LogP contribution >= 0.6 is 23.2 Å². The number of ether oxygens (including phenoxy) is 1. The van der Waals surface area contributed by atoms with E-state index in [9.17, 15) is 4.79 Å². The van der Waals surface area contributed by atoms with Crippen molar-refractivity contribution in [1.82, 2.24) is 0 Å². The first-order valence-corrected chi connectivity index (χ1v) is 6.35. The standard InChI is InChI=1S/C12H15Cl2NO3/c13-9-6-8(15)7-10(14)12(9)18-5-3-1-2-4-11(16)17/h6-7H,1-5,15H2,(H,16,17). The number of anilines is 1. The van der Waals surface area contributed by atoms with Gasteiger partial charge in [-0.1, -0.05) is 23.2 Å². The summed E-state index contributed by atoms with van der Waals surface area (Å²) in [6.45, 7) is 0.447. The van der Waals surface area contributed by atoms with E-state index in [0.717, 1.165) is 12.8 Å². The molecule has 0 radical (unpaired) electrons. The molecular weight excluding hydrogens is 277 g/mol. The molecule has 0 saturated heterocycles. The largest absolute Gasteiger partial charge is 0.490 e. The van der Waals surface area contributed by atoms with E-state index in [1.165, 1.54) is 0 Å². The van der Waals surface area contributed by atoms with Crippen molar-refractivity contribution < 1.29 is 14.6 Å². The fourth-order valence-corrected chi connectivity index (χ4v) is 2.06. The highest BCUT2D eigenvalue weighted by molar-refractivity contribution is 6.37. The Morgan fingerprint density at radius 1 is 1.22 bits per heavy atom. The number of hydrogen-bond acceptors (Lipinski definition) is 3. The number of benzene rings is 1. The summed E-state index contributed by atoms with van der Waals surface area (Å²) in [6.07, 6.45) is 2.37. The third-order valence-electron chi connectivity index (χ3n) is 2.30. The summed E-state index contributed by atoms with van der Waals surface area (Å²) in [5.41, 5.74) is 6.06. The second kappa shape index (κ2) is 7.34. The van der Waals surface area contributed by atoms with Gasteiger partial charge in [-0.15, -0.1) is 0 Å². The smallest absolute Gasteiger partial charge is 0.303 e. The van der Waals surface area contributed by atoms with Gasteiger partial charge in [0.15, 0.2) is 5.75 Å². The van der Waals surface area contributed by atoms with Crippen molar-refractivity contribution in [3.05, 3.63) is 22.2 Å². The van der Waals surface area contributed by atoms with Crippen LogP contribution in [0.2, 0.25) is 10.0 Å². The normalized spacial score (nSPS) is 10.3. The van der Waals surface area contributed by atoms with E-state index < -0.39 is 5.97 Å². The molecule has 0 spiro atoms. The number of carbonyl (C=O) groups is 1. The Hall–Kier alpha value is -1.13. The quantitative estimate of drug-likeness (QED) is 0.595. The first kappa shape index (κ1) is 14.9. The van der Waals surface area contributed by atoms with Crippen molar-refractivity contribution in [3.8, 4) is 5.75 Å². The molecule has 6 heteroatoms. The van der Waals surface area contributed by atoms with Crippen LogP contribution in [0.15, 0.2) is 12.1 Å². The second-order valence-electron chi connectivity index (χ2n) is 3.87. The third kappa shape index (κ3) is 5.02. The average molecular weight is 292 g/mol. The zero-order valence-electron chi connectivity index (χ0n) is 9.79. The summed E-state index contributed by atoms with van der Waals surface area (Å²) in [5, 5.41) is 9.23. The van der Waals surface area contributed by atoms with Crippen LogP contribution in [-0.4, -0.2) is 17.7 Å². The van der Waals surface area contributed by atoms with E-state index in [2.05, 4.69) is 0 Å². The lowest BCUT2D eigenvalue weighted by Crippen LogP contribution is -2.00. The molecule has 0 aliphatic heterocycles. The molecule has 1 aromatic carbocycles. The van der Waals surface area contributed by atoms with Gasteiger partial charge in [-0.3, -0.25) is 4.79 Å². The van der Waals surface area contributed by atoms with Gasteiger partial charge in [-0.2, -0.15) is 0 Å². The molecule has 3 N–H and O–H groups in total. The number of nitrogen functional groups attached to an aromatic ring is 1. The van der Waals surface area contributed by atoms with Gasteiger partial charge < -0.3 is 15.6 Å². The number of carboxylic acid groups (broad SMARTS) is 1. The molecule has 0 heterocycles. The maximum Gasteiger partial charge on any atom is 0.303 e. The SMILES string of the molecule is Nc1cc(Cl)c(OCCCCCC(=O)O)c(Cl)c1. The Labute approximate surface area is 116 Å². The molecule has 0 bridgehead atoms. The van der Waals surface area contributed by atoms with Crippen molar-refractivity contribution in [2.24, 2.45) is 0 Å². The summed E-state index contributed by atoms with van der Waals surface area (Å²) in [7, 11) is 0. The maximum absolute atomic E-state index is 10.3. The second-order valence-corrected chi connectivity index (χ2v) is 4.68. The Morgan fingerprint density at radius 2 is 1.83 bits per heavy atom. The highest BCUT2D eigenvalue weighted by atomic mass is 35.5. The zero-order valence-corrected chi connectivity index (χ0v) is 11.3. The lowest BCUT2D eigenvalue weighted by Gasteiger charge is -2.10. The molecule has 0 atom stereocenters. The van der Waals surface area contributed by atoms with Crippen molar-refractivity contribution in [1.29, 1.82) is 0 Å². The molecule has 18 heavy (non-hydrogen) atoms. The van der Waals surface area contributed by atoms with Gasteiger partial charge in [0, 0.05) is 12.1 Å². The zero-order chi connectivity index (χ0) is 13.5. The van der Waals surface area contributed by atoms with Crippen molar-refractivity contribution in [3.63, 3.8) is 0 Å². The number of unbranched alkanes of at least 4 members (excludes halogenated alkanes) is 2. The van der Waals surface area contributed by atoms with E-state index in [0.29, 0.717) is 34.5 Å². The van der Waals surface area contributed by atoms with Crippen LogP contribution < -0.4 is 10.5 Å². The number of halogens is 2. The number of rotatable bonds is 7. The number of aliphatic carboxylic acids is 1. The molecule has 0 unspecified atom stereocenters. The molecule has 0 amide bonds. The minimum Gasteiger partial charge on any atom is -0.490 e. The van der Waals surface area contributed by atoms with E-state index >= 15 is 0 Å². The summed E-state index contributed by atoms with van der Waals surface area (Å²) >= 11 is 11.9. The number of nitrogens with two attached hydrogens (primary N) is 1. The molecule has 0 aliphatic rings. The molecular formula is C12H15Cl2NO3. The lowest BCUT2D eigenvalue weighted by molar-refractivity contribution is -0.137. The van der Waals surface area contributed by atoms with E-state index in [1.807, 2.05) is 0 Å². The lowest BCUT2D eigenvalue weighted by atomic mass is 10.2. The Balaban J connectivity index is 2.33.